The van der Waals surface area contributed by atoms with Crippen LogP contribution < -0.4 is 5.32 Å². The summed E-state index contributed by atoms with van der Waals surface area (Å²) >= 11 is 0. The number of aryl methyl sites for hydroxylation is 3. The van der Waals surface area contributed by atoms with Crippen LogP contribution in [0.4, 0.5) is 0 Å². The third-order valence-electron chi connectivity index (χ3n) is 5.18. The van der Waals surface area contributed by atoms with Crippen molar-refractivity contribution in [1.82, 2.24) is 10.2 Å². The van der Waals surface area contributed by atoms with Gasteiger partial charge in [0.25, 0.3) is 0 Å². The maximum Gasteiger partial charge on any atom is 0.242 e. The van der Waals surface area contributed by atoms with Crippen molar-refractivity contribution in [2.75, 3.05) is 6.54 Å². The van der Waals surface area contributed by atoms with Crippen molar-refractivity contribution in [2.45, 2.75) is 66.0 Å². The lowest BCUT2D eigenvalue weighted by molar-refractivity contribution is -0.140. The third kappa shape index (κ3) is 7.37. The molecule has 0 heterocycles. The van der Waals surface area contributed by atoms with Crippen LogP contribution >= 0.6 is 0 Å². The van der Waals surface area contributed by atoms with Gasteiger partial charge in [-0.15, -0.1) is 0 Å². The van der Waals surface area contributed by atoms with Gasteiger partial charge in [0.1, 0.15) is 6.04 Å². The molecule has 4 nitrogen and oxygen atoms in total. The Morgan fingerprint density at radius 2 is 1.72 bits per heavy atom. The van der Waals surface area contributed by atoms with Gasteiger partial charge in [-0.3, -0.25) is 9.59 Å². The quantitative estimate of drug-likeness (QED) is 0.600. The van der Waals surface area contributed by atoms with Gasteiger partial charge in [-0.2, -0.15) is 0 Å². The van der Waals surface area contributed by atoms with Gasteiger partial charge in [0.05, 0.1) is 0 Å². The largest absolute Gasteiger partial charge is 0.354 e. The van der Waals surface area contributed by atoms with Crippen LogP contribution in [0.1, 0.15) is 55.4 Å². The second-order valence-electron chi connectivity index (χ2n) is 7.82. The second kappa shape index (κ2) is 11.4. The van der Waals surface area contributed by atoms with Crippen molar-refractivity contribution in [3.63, 3.8) is 0 Å². The molecule has 2 aromatic rings. The molecule has 0 bridgehead atoms. The number of rotatable bonds is 10. The van der Waals surface area contributed by atoms with E-state index in [1.54, 1.807) is 4.90 Å². The fourth-order valence-electron chi connectivity index (χ4n) is 3.28. The minimum absolute atomic E-state index is 0.00484. The highest BCUT2D eigenvalue weighted by Gasteiger charge is 2.25. The van der Waals surface area contributed by atoms with Gasteiger partial charge in [0.2, 0.25) is 11.8 Å². The first kappa shape index (κ1) is 22.7. The third-order valence-corrected chi connectivity index (χ3v) is 5.18. The van der Waals surface area contributed by atoms with Gasteiger partial charge >= 0.3 is 0 Å². The summed E-state index contributed by atoms with van der Waals surface area (Å²) in [6.07, 6.45) is 3.03. The monoisotopic (exact) mass is 394 g/mol. The van der Waals surface area contributed by atoms with Gasteiger partial charge in [0.15, 0.2) is 0 Å². The number of hydrogen-bond donors (Lipinski definition) is 1. The number of benzene rings is 2. The van der Waals surface area contributed by atoms with Crippen LogP contribution in [0.25, 0.3) is 0 Å². The SMILES string of the molecule is CCCCNC(=O)[C@H](C)N(Cc1cccc(C)c1)C(=O)CCc1ccc(C)cc1. The Balaban J connectivity index is 2.10. The Labute approximate surface area is 175 Å². The number of nitrogens with zero attached hydrogens (tertiary/aromatic N) is 1. The topological polar surface area (TPSA) is 49.4 Å². The Bertz CT molecular complexity index is 799. The average Bonchev–Trinajstić information content (AvgIpc) is 2.71. The Morgan fingerprint density at radius 1 is 1.00 bits per heavy atom. The summed E-state index contributed by atoms with van der Waals surface area (Å²) < 4.78 is 0. The first-order chi connectivity index (χ1) is 13.9. The molecule has 156 valence electrons. The lowest BCUT2D eigenvalue weighted by atomic mass is 10.1. The number of nitrogens with one attached hydrogen (secondary N) is 1. The zero-order valence-corrected chi connectivity index (χ0v) is 18.2. The van der Waals surface area contributed by atoms with Crippen LogP contribution in [0, 0.1) is 13.8 Å². The summed E-state index contributed by atoms with van der Waals surface area (Å²) in [6, 6.07) is 15.9. The Kier molecular flexibility index (Phi) is 8.91. The van der Waals surface area contributed by atoms with E-state index in [-0.39, 0.29) is 11.8 Å². The van der Waals surface area contributed by atoms with E-state index in [9.17, 15) is 9.59 Å². The lowest BCUT2D eigenvalue weighted by Gasteiger charge is -2.29. The van der Waals surface area contributed by atoms with Gasteiger partial charge in [-0.05, 0) is 44.7 Å². The van der Waals surface area contributed by atoms with Gasteiger partial charge in [-0.1, -0.05) is 73.0 Å². The molecule has 0 spiro atoms. The van der Waals surface area contributed by atoms with E-state index in [1.165, 1.54) is 5.56 Å². The minimum Gasteiger partial charge on any atom is -0.354 e. The minimum atomic E-state index is -0.502. The molecule has 0 aliphatic heterocycles. The molecular formula is C25H34N2O2. The van der Waals surface area contributed by atoms with Crippen molar-refractivity contribution >= 4 is 11.8 Å². The predicted octanol–water partition coefficient (Wildman–Crippen LogP) is 4.57. The Morgan fingerprint density at radius 3 is 2.38 bits per heavy atom. The summed E-state index contributed by atoms with van der Waals surface area (Å²) in [5, 5.41) is 2.96. The molecule has 0 unspecified atom stereocenters. The van der Waals surface area contributed by atoms with E-state index < -0.39 is 6.04 Å². The molecule has 2 aromatic carbocycles. The molecule has 0 aliphatic carbocycles. The molecule has 0 saturated heterocycles. The van der Waals surface area contributed by atoms with Crippen molar-refractivity contribution in [3.05, 3.63) is 70.8 Å². The number of unbranched alkanes of at least 4 members (excludes halogenated alkanes) is 1. The van der Waals surface area contributed by atoms with Gasteiger partial charge < -0.3 is 10.2 Å². The normalized spacial score (nSPS) is 11.7. The molecule has 1 atom stereocenters. The Hall–Kier alpha value is -2.62. The highest BCUT2D eigenvalue weighted by Crippen LogP contribution is 2.14. The summed E-state index contributed by atoms with van der Waals surface area (Å²) in [6.45, 7) is 9.09. The van der Waals surface area contributed by atoms with Gasteiger partial charge in [-0.25, -0.2) is 0 Å². The maximum absolute atomic E-state index is 13.1. The molecule has 0 aliphatic rings. The fourth-order valence-corrected chi connectivity index (χ4v) is 3.28. The molecule has 2 amide bonds. The fraction of sp³-hybridized carbons (Fsp3) is 0.440. The maximum atomic E-state index is 13.1. The number of amides is 2. The highest BCUT2D eigenvalue weighted by molar-refractivity contribution is 5.87. The molecule has 1 N–H and O–H groups in total. The molecule has 0 radical (unpaired) electrons. The van der Waals surface area contributed by atoms with Crippen LogP contribution in [0.2, 0.25) is 0 Å². The number of carbonyl (C=O) groups is 2. The van der Waals surface area contributed by atoms with E-state index in [0.717, 1.165) is 29.5 Å². The lowest BCUT2D eigenvalue weighted by Crippen LogP contribution is -2.47. The van der Waals surface area contributed by atoms with E-state index in [2.05, 4.69) is 49.5 Å². The zero-order chi connectivity index (χ0) is 21.2. The van der Waals surface area contributed by atoms with Crippen LogP contribution in [0.3, 0.4) is 0 Å². The van der Waals surface area contributed by atoms with Crippen molar-refractivity contribution in [3.8, 4) is 0 Å². The molecule has 0 aromatic heterocycles. The van der Waals surface area contributed by atoms with Gasteiger partial charge in [0, 0.05) is 19.5 Å². The van der Waals surface area contributed by atoms with E-state index >= 15 is 0 Å². The first-order valence-corrected chi connectivity index (χ1v) is 10.6. The highest BCUT2D eigenvalue weighted by atomic mass is 16.2. The standard InChI is InChI=1S/C25H34N2O2/c1-5-6-16-26-25(29)21(4)27(18-23-9-7-8-20(3)17-23)24(28)15-14-22-12-10-19(2)11-13-22/h7-13,17,21H,5-6,14-16,18H2,1-4H3,(H,26,29)/t21-/m0/s1. The predicted molar refractivity (Wildman–Crippen MR) is 119 cm³/mol. The average molecular weight is 395 g/mol. The smallest absolute Gasteiger partial charge is 0.242 e. The van der Waals surface area contributed by atoms with Crippen molar-refractivity contribution in [2.24, 2.45) is 0 Å². The summed E-state index contributed by atoms with van der Waals surface area (Å²) in [5.41, 5.74) is 4.54. The number of hydrogen-bond acceptors (Lipinski definition) is 2. The summed E-state index contributed by atoms with van der Waals surface area (Å²) in [4.78, 5) is 27.4. The van der Waals surface area contributed by atoms with Crippen LogP contribution in [0.5, 0.6) is 0 Å². The molecule has 29 heavy (non-hydrogen) atoms. The zero-order valence-electron chi connectivity index (χ0n) is 18.2. The second-order valence-corrected chi connectivity index (χ2v) is 7.82. The number of carbonyl (C=O) groups excluding carboxylic acids is 2. The molecule has 0 fully saturated rings. The van der Waals surface area contributed by atoms with Crippen LogP contribution in [-0.4, -0.2) is 29.3 Å². The van der Waals surface area contributed by atoms with Crippen LogP contribution in [-0.2, 0) is 22.6 Å². The molecule has 0 saturated carbocycles. The van der Waals surface area contributed by atoms with E-state index in [4.69, 9.17) is 0 Å². The van der Waals surface area contributed by atoms with Crippen molar-refractivity contribution in [1.29, 1.82) is 0 Å². The van der Waals surface area contributed by atoms with Crippen molar-refractivity contribution < 1.29 is 9.59 Å². The summed E-state index contributed by atoms with van der Waals surface area (Å²) in [7, 11) is 0. The first-order valence-electron chi connectivity index (χ1n) is 10.6. The molecule has 4 heteroatoms. The molecular weight excluding hydrogens is 360 g/mol. The van der Waals surface area contributed by atoms with Crippen LogP contribution in [0.15, 0.2) is 48.5 Å². The summed E-state index contributed by atoms with van der Waals surface area (Å²) in [5.74, 6) is -0.0833. The molecule has 2 rings (SSSR count). The van der Waals surface area contributed by atoms with E-state index in [0.29, 0.717) is 25.9 Å². The van der Waals surface area contributed by atoms with E-state index in [1.807, 2.05) is 32.0 Å².